The lowest BCUT2D eigenvalue weighted by atomic mass is 10.1. The van der Waals surface area contributed by atoms with E-state index in [0.29, 0.717) is 10.6 Å². The average molecular weight is 449 g/mol. The van der Waals surface area contributed by atoms with Crippen LogP contribution in [0.1, 0.15) is 11.1 Å². The van der Waals surface area contributed by atoms with Crippen LogP contribution in [-0.4, -0.2) is 35.5 Å². The molecule has 4 amide bonds. The van der Waals surface area contributed by atoms with E-state index >= 15 is 0 Å². The van der Waals surface area contributed by atoms with Gasteiger partial charge >= 0.3 is 12.0 Å². The van der Waals surface area contributed by atoms with Crippen LogP contribution in [0.3, 0.4) is 0 Å². The number of hydrogen-bond acceptors (Lipinski definition) is 5. The quantitative estimate of drug-likeness (QED) is 0.534. The Kier molecular flexibility index (Phi) is 6.09. The number of amides is 4. The molecule has 0 aromatic heterocycles. The molecular weight excluding hydrogens is 435 g/mol. The van der Waals surface area contributed by atoms with E-state index in [1.165, 1.54) is 36.4 Å². The molecule has 0 bridgehead atoms. The number of halogens is 2. The zero-order valence-corrected chi connectivity index (χ0v) is 17.0. The van der Waals surface area contributed by atoms with E-state index in [9.17, 15) is 19.2 Å². The summed E-state index contributed by atoms with van der Waals surface area (Å²) in [5, 5.41) is 11.2. The molecule has 154 valence electrons. The van der Waals surface area contributed by atoms with Crippen molar-refractivity contribution >= 4 is 58.8 Å². The number of ether oxygens (including phenoxy) is 1. The Balaban J connectivity index is 1.93. The van der Waals surface area contributed by atoms with Crippen molar-refractivity contribution < 1.29 is 29.0 Å². The highest BCUT2D eigenvalue weighted by Crippen LogP contribution is 2.29. The second-order valence-corrected chi connectivity index (χ2v) is 7.08. The molecule has 1 aliphatic heterocycles. The minimum Gasteiger partial charge on any atom is -0.480 e. The van der Waals surface area contributed by atoms with Crippen LogP contribution < -0.4 is 15.0 Å². The molecule has 0 aliphatic carbocycles. The smallest absolute Gasteiger partial charge is 0.341 e. The maximum Gasteiger partial charge on any atom is 0.341 e. The Bertz CT molecular complexity index is 1110. The molecule has 0 radical (unpaired) electrons. The third-order valence-corrected chi connectivity index (χ3v) is 4.84. The highest BCUT2D eigenvalue weighted by atomic mass is 35.5. The van der Waals surface area contributed by atoms with E-state index in [2.05, 4.69) is 5.32 Å². The van der Waals surface area contributed by atoms with Gasteiger partial charge in [0.05, 0.1) is 10.7 Å². The summed E-state index contributed by atoms with van der Waals surface area (Å²) >= 11 is 12.2. The van der Waals surface area contributed by atoms with Crippen molar-refractivity contribution in [2.24, 2.45) is 0 Å². The number of aliphatic carboxylic acids is 1. The molecule has 30 heavy (non-hydrogen) atoms. The lowest BCUT2D eigenvalue weighted by Crippen LogP contribution is -2.54. The Labute approximate surface area is 180 Å². The molecule has 1 fully saturated rings. The van der Waals surface area contributed by atoms with Gasteiger partial charge < -0.3 is 9.84 Å². The van der Waals surface area contributed by atoms with Crippen molar-refractivity contribution in [3.8, 4) is 5.75 Å². The van der Waals surface area contributed by atoms with E-state index in [-0.39, 0.29) is 22.0 Å². The zero-order valence-electron chi connectivity index (χ0n) is 15.4. The summed E-state index contributed by atoms with van der Waals surface area (Å²) in [5.41, 5.74) is 1.05. The van der Waals surface area contributed by atoms with Crippen molar-refractivity contribution in [3.05, 3.63) is 63.1 Å². The summed E-state index contributed by atoms with van der Waals surface area (Å²) in [5.74, 6) is -2.72. The second kappa shape index (κ2) is 8.56. The molecular formula is C20H14Cl2N2O6. The van der Waals surface area contributed by atoms with Gasteiger partial charge in [0.25, 0.3) is 11.8 Å². The second-order valence-electron chi connectivity index (χ2n) is 6.26. The fourth-order valence-electron chi connectivity index (χ4n) is 2.64. The van der Waals surface area contributed by atoms with Crippen LogP contribution in [0.2, 0.25) is 10.0 Å². The van der Waals surface area contributed by atoms with E-state index < -0.39 is 30.4 Å². The van der Waals surface area contributed by atoms with Crippen LogP contribution in [0.5, 0.6) is 5.75 Å². The number of carboxylic acid groups (broad SMARTS) is 1. The molecule has 3 rings (SSSR count). The first kappa shape index (κ1) is 21.4. The number of rotatable bonds is 5. The molecule has 0 unspecified atom stereocenters. The Hall–Kier alpha value is -3.36. The maximum absolute atomic E-state index is 12.9. The number of carbonyl (C=O) groups is 4. The first-order valence-corrected chi connectivity index (χ1v) is 9.24. The largest absolute Gasteiger partial charge is 0.480 e. The Morgan fingerprint density at radius 1 is 1.13 bits per heavy atom. The van der Waals surface area contributed by atoms with E-state index in [4.69, 9.17) is 33.0 Å². The fourth-order valence-corrected chi connectivity index (χ4v) is 3.06. The molecule has 1 aliphatic rings. The molecule has 2 aromatic carbocycles. The van der Waals surface area contributed by atoms with Gasteiger partial charge in [0.15, 0.2) is 6.61 Å². The van der Waals surface area contributed by atoms with Crippen molar-refractivity contribution in [1.82, 2.24) is 5.32 Å². The number of nitrogens with zero attached hydrogens (tertiary/aromatic N) is 1. The third kappa shape index (κ3) is 4.45. The van der Waals surface area contributed by atoms with Gasteiger partial charge in [-0.1, -0.05) is 35.3 Å². The van der Waals surface area contributed by atoms with Crippen LogP contribution in [0.4, 0.5) is 10.5 Å². The first-order chi connectivity index (χ1) is 14.2. The summed E-state index contributed by atoms with van der Waals surface area (Å²) in [6, 6.07) is 8.04. The number of benzene rings is 2. The standard InChI is InChI=1S/C20H14Cl2N2O6/c1-10-2-4-12(8-14(10)21)24-19(28)13(18(27)23-20(24)29)6-11-3-5-16(15(22)7-11)30-9-17(25)26/h2-8H,9H2,1H3,(H,25,26)(H,23,27,29)/b13-6+. The number of hydrogen-bond donors (Lipinski definition) is 2. The molecule has 10 heteroatoms. The van der Waals surface area contributed by atoms with Crippen molar-refractivity contribution in [1.29, 1.82) is 0 Å². The van der Waals surface area contributed by atoms with Gasteiger partial charge in [-0.25, -0.2) is 14.5 Å². The van der Waals surface area contributed by atoms with E-state index in [0.717, 1.165) is 10.5 Å². The lowest BCUT2D eigenvalue weighted by Gasteiger charge is -2.26. The fraction of sp³-hybridized carbons (Fsp3) is 0.100. The summed E-state index contributed by atoms with van der Waals surface area (Å²) in [7, 11) is 0. The normalized spacial score (nSPS) is 15.4. The summed E-state index contributed by atoms with van der Waals surface area (Å²) in [6.07, 6.45) is 1.26. The Morgan fingerprint density at radius 3 is 2.50 bits per heavy atom. The highest BCUT2D eigenvalue weighted by Gasteiger charge is 2.37. The number of anilines is 1. The van der Waals surface area contributed by atoms with E-state index in [1.54, 1.807) is 13.0 Å². The SMILES string of the molecule is Cc1ccc(N2C(=O)NC(=O)/C(=C\c3ccc(OCC(=O)O)c(Cl)c3)C2=O)cc1Cl. The topological polar surface area (TPSA) is 113 Å². The predicted octanol–water partition coefficient (Wildman–Crippen LogP) is 3.43. The molecule has 0 atom stereocenters. The van der Waals surface area contributed by atoms with Gasteiger partial charge in [0, 0.05) is 5.02 Å². The maximum atomic E-state index is 12.9. The number of aryl methyl sites for hydroxylation is 1. The first-order valence-electron chi connectivity index (χ1n) is 8.49. The minimum atomic E-state index is -1.16. The van der Waals surface area contributed by atoms with Gasteiger partial charge in [0.2, 0.25) is 0 Å². The molecule has 1 heterocycles. The summed E-state index contributed by atoms with van der Waals surface area (Å²) < 4.78 is 5.03. The molecule has 0 spiro atoms. The van der Waals surface area contributed by atoms with Crippen LogP contribution in [0, 0.1) is 6.92 Å². The number of nitrogens with one attached hydrogen (secondary N) is 1. The number of carbonyl (C=O) groups excluding carboxylic acids is 3. The number of urea groups is 1. The number of carboxylic acids is 1. The summed E-state index contributed by atoms with van der Waals surface area (Å²) in [4.78, 5) is 48.8. The van der Waals surface area contributed by atoms with Crippen molar-refractivity contribution in [2.45, 2.75) is 6.92 Å². The van der Waals surface area contributed by atoms with E-state index in [1.807, 2.05) is 0 Å². The zero-order chi connectivity index (χ0) is 22.0. The van der Waals surface area contributed by atoms with Gasteiger partial charge in [-0.3, -0.25) is 14.9 Å². The average Bonchev–Trinajstić information content (AvgIpc) is 2.67. The molecule has 2 aromatic rings. The molecule has 2 N–H and O–H groups in total. The molecule has 1 saturated heterocycles. The van der Waals surface area contributed by atoms with Crippen LogP contribution in [-0.2, 0) is 14.4 Å². The van der Waals surface area contributed by atoms with Gasteiger partial charge in [-0.2, -0.15) is 0 Å². The van der Waals surface area contributed by atoms with Gasteiger partial charge in [-0.15, -0.1) is 0 Å². The van der Waals surface area contributed by atoms with Crippen LogP contribution >= 0.6 is 23.2 Å². The Morgan fingerprint density at radius 2 is 1.87 bits per heavy atom. The van der Waals surface area contributed by atoms with Crippen LogP contribution in [0.25, 0.3) is 6.08 Å². The lowest BCUT2D eigenvalue weighted by molar-refractivity contribution is -0.139. The third-order valence-electron chi connectivity index (χ3n) is 4.13. The monoisotopic (exact) mass is 448 g/mol. The minimum absolute atomic E-state index is 0.0903. The van der Waals surface area contributed by atoms with Gasteiger partial charge in [-0.05, 0) is 48.4 Å². The number of imide groups is 2. The van der Waals surface area contributed by atoms with Crippen molar-refractivity contribution in [2.75, 3.05) is 11.5 Å². The van der Waals surface area contributed by atoms with Crippen molar-refractivity contribution in [3.63, 3.8) is 0 Å². The summed E-state index contributed by atoms with van der Waals surface area (Å²) in [6.45, 7) is 1.20. The highest BCUT2D eigenvalue weighted by molar-refractivity contribution is 6.39. The molecule has 8 nitrogen and oxygen atoms in total. The number of barbiturate groups is 1. The van der Waals surface area contributed by atoms with Crippen LogP contribution in [0.15, 0.2) is 42.0 Å². The predicted molar refractivity (Wildman–Crippen MR) is 110 cm³/mol. The molecule has 0 saturated carbocycles. The van der Waals surface area contributed by atoms with Gasteiger partial charge in [0.1, 0.15) is 11.3 Å².